The molecular formula is C10H15N2O9P. The summed E-state index contributed by atoms with van der Waals surface area (Å²) in [7, 11) is -4.77. The van der Waals surface area contributed by atoms with Gasteiger partial charge in [-0.15, -0.1) is 0 Å². The van der Waals surface area contributed by atoms with Crippen molar-refractivity contribution in [3.63, 3.8) is 0 Å². The first-order chi connectivity index (χ1) is 10.1. The highest BCUT2D eigenvalue weighted by Gasteiger charge is 2.45. The fraction of sp³-hybridized carbons (Fsp3) is 0.600. The molecule has 1 aliphatic heterocycles. The van der Waals surface area contributed by atoms with E-state index in [1.807, 2.05) is 4.98 Å². The van der Waals surface area contributed by atoms with E-state index in [4.69, 9.17) is 14.5 Å². The molecule has 1 aromatic heterocycles. The zero-order chi connectivity index (χ0) is 16.7. The maximum Gasteiger partial charge on any atom is 0.469 e. The van der Waals surface area contributed by atoms with Crippen LogP contribution in [-0.4, -0.2) is 54.5 Å². The molecule has 11 nitrogen and oxygen atoms in total. The van der Waals surface area contributed by atoms with Gasteiger partial charge in [0.15, 0.2) is 6.23 Å². The van der Waals surface area contributed by atoms with Gasteiger partial charge in [0.05, 0.1) is 6.61 Å². The lowest BCUT2D eigenvalue weighted by atomic mass is 10.1. The predicted octanol–water partition coefficient (Wildman–Crippen LogP) is -2.43. The Kier molecular flexibility index (Phi) is 4.68. The van der Waals surface area contributed by atoms with Crippen molar-refractivity contribution in [1.82, 2.24) is 9.55 Å². The SMILES string of the molecule is Cc1cn([C@@H]2O[C@@H](COP(=O)(O)O)[C@H](O)[C@H]2O)c(=O)[nH]c1=O. The molecule has 0 aliphatic carbocycles. The molecule has 0 aromatic carbocycles. The first-order valence-electron chi connectivity index (χ1n) is 6.14. The van der Waals surface area contributed by atoms with Crippen LogP contribution in [0.5, 0.6) is 0 Å². The molecule has 1 aromatic rings. The van der Waals surface area contributed by atoms with E-state index >= 15 is 0 Å². The van der Waals surface area contributed by atoms with E-state index in [0.29, 0.717) is 0 Å². The Morgan fingerprint density at radius 1 is 1.36 bits per heavy atom. The molecule has 124 valence electrons. The number of ether oxygens (including phenoxy) is 1. The van der Waals surface area contributed by atoms with Crippen LogP contribution in [0.1, 0.15) is 11.8 Å². The van der Waals surface area contributed by atoms with Crippen molar-refractivity contribution in [2.24, 2.45) is 0 Å². The van der Waals surface area contributed by atoms with E-state index in [2.05, 4.69) is 4.52 Å². The third-order valence-electron chi connectivity index (χ3n) is 3.16. The maximum absolute atomic E-state index is 11.7. The van der Waals surface area contributed by atoms with Crippen LogP contribution >= 0.6 is 7.82 Å². The van der Waals surface area contributed by atoms with Crippen LogP contribution in [0, 0.1) is 6.92 Å². The van der Waals surface area contributed by atoms with Gasteiger partial charge in [0.25, 0.3) is 5.56 Å². The van der Waals surface area contributed by atoms with Gasteiger partial charge >= 0.3 is 13.5 Å². The first-order valence-corrected chi connectivity index (χ1v) is 7.67. The summed E-state index contributed by atoms with van der Waals surface area (Å²) < 4.78 is 20.9. The molecule has 0 spiro atoms. The summed E-state index contributed by atoms with van der Waals surface area (Å²) >= 11 is 0. The molecule has 2 rings (SSSR count). The van der Waals surface area contributed by atoms with Crippen LogP contribution in [0.3, 0.4) is 0 Å². The van der Waals surface area contributed by atoms with Gasteiger partial charge in [-0.05, 0) is 6.92 Å². The van der Waals surface area contributed by atoms with Crippen molar-refractivity contribution in [2.45, 2.75) is 31.5 Å². The number of nitrogens with zero attached hydrogens (tertiary/aromatic N) is 1. The molecule has 2 heterocycles. The summed E-state index contributed by atoms with van der Waals surface area (Å²) in [5.74, 6) is 0. The quantitative estimate of drug-likeness (QED) is 0.374. The minimum atomic E-state index is -4.77. The number of rotatable bonds is 4. The molecule has 4 atom stereocenters. The van der Waals surface area contributed by atoms with Gasteiger partial charge in [0.2, 0.25) is 0 Å². The fourth-order valence-electron chi connectivity index (χ4n) is 2.04. The standard InChI is InChI=1S/C10H15N2O9P/c1-4-2-12(10(16)11-8(4)15)9-7(14)6(13)5(21-9)3-20-22(17,18)19/h2,5-7,9,13-14H,3H2,1H3,(H,11,15,16)(H2,17,18,19)/t5-,6-,7+,9+/m0/s1. The number of H-pyrrole nitrogens is 1. The second-order valence-electron chi connectivity index (χ2n) is 4.81. The number of nitrogens with one attached hydrogen (secondary N) is 1. The Bertz CT molecular complexity index is 707. The first kappa shape index (κ1) is 17.0. The van der Waals surface area contributed by atoms with Crippen LogP contribution in [0.25, 0.3) is 0 Å². The molecule has 0 unspecified atom stereocenters. The van der Waals surface area contributed by atoms with Gasteiger partial charge in [0, 0.05) is 11.8 Å². The van der Waals surface area contributed by atoms with E-state index in [9.17, 15) is 24.4 Å². The number of hydrogen-bond donors (Lipinski definition) is 5. The Hall–Kier alpha value is -1.33. The summed E-state index contributed by atoms with van der Waals surface area (Å²) in [6.07, 6.45) is -4.52. The highest BCUT2D eigenvalue weighted by Crippen LogP contribution is 2.38. The number of aryl methyl sites for hydroxylation is 1. The maximum atomic E-state index is 11.7. The summed E-state index contributed by atoms with van der Waals surface area (Å²) in [4.78, 5) is 42.3. The van der Waals surface area contributed by atoms with Crippen molar-refractivity contribution < 1.29 is 33.8 Å². The fourth-order valence-corrected chi connectivity index (χ4v) is 2.38. The lowest BCUT2D eigenvalue weighted by Gasteiger charge is -2.17. The van der Waals surface area contributed by atoms with Crippen LogP contribution in [-0.2, 0) is 13.8 Å². The topological polar surface area (TPSA) is 171 Å². The molecule has 5 N–H and O–H groups in total. The predicted molar refractivity (Wildman–Crippen MR) is 70.0 cm³/mol. The monoisotopic (exact) mass is 338 g/mol. The summed E-state index contributed by atoms with van der Waals surface area (Å²) in [6, 6.07) is 0. The highest BCUT2D eigenvalue weighted by atomic mass is 31.2. The molecule has 1 fully saturated rings. The van der Waals surface area contributed by atoms with Gasteiger partial charge < -0.3 is 24.7 Å². The van der Waals surface area contributed by atoms with Crippen molar-refractivity contribution in [3.05, 3.63) is 32.6 Å². The van der Waals surface area contributed by atoms with Crippen LogP contribution in [0.2, 0.25) is 0 Å². The average Bonchev–Trinajstić information content (AvgIpc) is 2.68. The molecular weight excluding hydrogens is 323 g/mol. The highest BCUT2D eigenvalue weighted by molar-refractivity contribution is 7.46. The number of aliphatic hydroxyl groups is 2. The van der Waals surface area contributed by atoms with Crippen molar-refractivity contribution in [1.29, 1.82) is 0 Å². The van der Waals surface area contributed by atoms with E-state index in [-0.39, 0.29) is 5.56 Å². The van der Waals surface area contributed by atoms with Crippen molar-refractivity contribution in [3.8, 4) is 0 Å². The van der Waals surface area contributed by atoms with Gasteiger partial charge in [-0.2, -0.15) is 0 Å². The second-order valence-corrected chi connectivity index (χ2v) is 6.05. The minimum absolute atomic E-state index is 0.180. The number of hydrogen-bond acceptors (Lipinski definition) is 7. The molecule has 1 saturated heterocycles. The van der Waals surface area contributed by atoms with Crippen molar-refractivity contribution in [2.75, 3.05) is 6.61 Å². The number of aliphatic hydroxyl groups excluding tert-OH is 2. The smallest absolute Gasteiger partial charge is 0.387 e. The average molecular weight is 338 g/mol. The number of aromatic nitrogens is 2. The zero-order valence-electron chi connectivity index (χ0n) is 11.3. The Labute approximate surface area is 123 Å². The lowest BCUT2D eigenvalue weighted by molar-refractivity contribution is -0.0543. The van der Waals surface area contributed by atoms with E-state index < -0.39 is 50.2 Å². The van der Waals surface area contributed by atoms with Gasteiger partial charge in [-0.25, -0.2) is 9.36 Å². The molecule has 22 heavy (non-hydrogen) atoms. The number of phosphoric acid groups is 1. The minimum Gasteiger partial charge on any atom is -0.387 e. The number of aromatic amines is 1. The third kappa shape index (κ3) is 3.52. The normalized spacial score (nSPS) is 29.0. The Morgan fingerprint density at radius 3 is 2.59 bits per heavy atom. The Morgan fingerprint density at radius 2 is 2.00 bits per heavy atom. The molecule has 0 saturated carbocycles. The van der Waals surface area contributed by atoms with E-state index in [0.717, 1.165) is 10.8 Å². The third-order valence-corrected chi connectivity index (χ3v) is 3.65. The molecule has 0 radical (unpaired) electrons. The van der Waals surface area contributed by atoms with Crippen LogP contribution in [0.15, 0.2) is 15.8 Å². The molecule has 0 bridgehead atoms. The largest absolute Gasteiger partial charge is 0.469 e. The summed E-state index contributed by atoms with van der Waals surface area (Å²) in [5.41, 5.74) is -1.28. The zero-order valence-corrected chi connectivity index (χ0v) is 12.2. The van der Waals surface area contributed by atoms with E-state index in [1.54, 1.807) is 0 Å². The van der Waals surface area contributed by atoms with Gasteiger partial charge in [0.1, 0.15) is 18.3 Å². The Balaban J connectivity index is 2.23. The van der Waals surface area contributed by atoms with Gasteiger partial charge in [-0.1, -0.05) is 0 Å². The van der Waals surface area contributed by atoms with Crippen LogP contribution in [0.4, 0.5) is 0 Å². The number of phosphoric ester groups is 1. The van der Waals surface area contributed by atoms with Gasteiger partial charge in [-0.3, -0.25) is 18.9 Å². The lowest BCUT2D eigenvalue weighted by Crippen LogP contribution is -2.38. The molecule has 1 aliphatic rings. The summed E-state index contributed by atoms with van der Waals surface area (Å²) in [6.45, 7) is 0.747. The van der Waals surface area contributed by atoms with E-state index in [1.165, 1.54) is 6.92 Å². The molecule has 12 heteroatoms. The molecule has 0 amide bonds. The van der Waals surface area contributed by atoms with Crippen LogP contribution < -0.4 is 11.2 Å². The second kappa shape index (κ2) is 6.05. The summed E-state index contributed by atoms with van der Waals surface area (Å²) in [5, 5.41) is 19.7. The van der Waals surface area contributed by atoms with Crippen molar-refractivity contribution >= 4 is 7.82 Å².